The summed E-state index contributed by atoms with van der Waals surface area (Å²) in [5, 5.41) is 4.74. The second-order valence-corrected chi connectivity index (χ2v) is 2.93. The maximum Gasteiger partial charge on any atom is 0.0948 e. The molecule has 2 nitrogen and oxygen atoms in total. The van der Waals surface area contributed by atoms with Crippen LogP contribution in [-0.4, -0.2) is 28.8 Å². The highest BCUT2D eigenvalue weighted by Crippen LogP contribution is 2.36. The van der Waals surface area contributed by atoms with Crippen LogP contribution in [0.2, 0.25) is 0 Å². The molecule has 0 saturated carbocycles. The van der Waals surface area contributed by atoms with E-state index in [9.17, 15) is 0 Å². The summed E-state index contributed by atoms with van der Waals surface area (Å²) in [6.07, 6.45) is 0. The van der Waals surface area contributed by atoms with Crippen LogP contribution in [0.1, 0.15) is 27.7 Å². The first-order valence-electron chi connectivity index (χ1n) is 3.69. The third-order valence-corrected chi connectivity index (χ3v) is 2.11. The van der Waals surface area contributed by atoms with E-state index in [4.69, 9.17) is 0 Å². The molecule has 0 N–H and O–H groups in total. The minimum absolute atomic E-state index is 0.351. The highest BCUT2D eigenvalue weighted by atomic mass is 15.9. The summed E-state index contributed by atoms with van der Waals surface area (Å²) in [4.78, 5) is 0. The maximum absolute atomic E-state index is 2.37. The quantitative estimate of drug-likeness (QED) is 0.517. The van der Waals surface area contributed by atoms with Crippen molar-refractivity contribution in [3.8, 4) is 0 Å². The van der Waals surface area contributed by atoms with Gasteiger partial charge in [0.1, 0.15) is 0 Å². The van der Waals surface area contributed by atoms with Crippen LogP contribution >= 0.6 is 0 Å². The lowest BCUT2D eigenvalue weighted by Crippen LogP contribution is -2.08. The summed E-state index contributed by atoms with van der Waals surface area (Å²) in [6.45, 7) is 11.2. The van der Waals surface area contributed by atoms with E-state index in [0.29, 0.717) is 5.66 Å². The van der Waals surface area contributed by atoms with Crippen LogP contribution in [0, 0.1) is 0 Å². The largest absolute Gasteiger partial charge is 0.219 e. The van der Waals surface area contributed by atoms with Gasteiger partial charge in [-0.2, -0.15) is 0 Å². The predicted octanol–water partition coefficient (Wildman–Crippen LogP) is 1.29. The first-order chi connectivity index (χ1) is 4.14. The Labute approximate surface area is 57.4 Å². The summed E-state index contributed by atoms with van der Waals surface area (Å²) in [7, 11) is 0. The molecule has 0 bridgehead atoms. The average Bonchev–Trinajstić information content (AvgIpc) is 2.32. The van der Waals surface area contributed by atoms with Crippen molar-refractivity contribution < 1.29 is 0 Å². The topological polar surface area (TPSA) is 6.02 Å². The van der Waals surface area contributed by atoms with Gasteiger partial charge >= 0.3 is 0 Å². The lowest BCUT2D eigenvalue weighted by atomic mass is 10.3. The Morgan fingerprint density at radius 1 is 1.00 bits per heavy atom. The van der Waals surface area contributed by atoms with E-state index in [0.717, 1.165) is 13.1 Å². The van der Waals surface area contributed by atoms with Crippen LogP contribution in [0.3, 0.4) is 0 Å². The summed E-state index contributed by atoms with van der Waals surface area (Å²) >= 11 is 0. The lowest BCUT2D eigenvalue weighted by Gasteiger charge is -1.94. The molecule has 0 aromatic rings. The average molecular weight is 128 g/mol. The number of rotatable bonds is 2. The minimum Gasteiger partial charge on any atom is -0.219 e. The maximum atomic E-state index is 2.37. The Kier molecular flexibility index (Phi) is 1.53. The molecule has 9 heavy (non-hydrogen) atoms. The smallest absolute Gasteiger partial charge is 0.0948 e. The van der Waals surface area contributed by atoms with Crippen molar-refractivity contribution in [1.82, 2.24) is 10.0 Å². The zero-order valence-electron chi connectivity index (χ0n) is 6.81. The van der Waals surface area contributed by atoms with Crippen LogP contribution in [0.4, 0.5) is 0 Å². The highest BCUT2D eigenvalue weighted by Gasteiger charge is 2.50. The van der Waals surface area contributed by atoms with Gasteiger partial charge in [0.05, 0.1) is 5.66 Å². The van der Waals surface area contributed by atoms with Crippen LogP contribution < -0.4 is 0 Å². The Balaban J connectivity index is 2.45. The Morgan fingerprint density at radius 3 is 1.44 bits per heavy atom. The van der Waals surface area contributed by atoms with E-state index in [-0.39, 0.29) is 0 Å². The van der Waals surface area contributed by atoms with Gasteiger partial charge in [0.15, 0.2) is 0 Å². The van der Waals surface area contributed by atoms with Crippen LogP contribution in [0.25, 0.3) is 0 Å². The van der Waals surface area contributed by atoms with Crippen molar-refractivity contribution in [3.63, 3.8) is 0 Å². The fourth-order valence-corrected chi connectivity index (χ4v) is 1.61. The van der Waals surface area contributed by atoms with Gasteiger partial charge in [0, 0.05) is 13.1 Å². The zero-order chi connectivity index (χ0) is 7.07. The molecule has 1 heterocycles. The molecule has 2 heteroatoms. The molecule has 0 aromatic heterocycles. The molecule has 1 aliphatic rings. The van der Waals surface area contributed by atoms with Gasteiger partial charge in [-0.15, -0.1) is 0 Å². The molecule has 2 atom stereocenters. The molecule has 0 spiro atoms. The Hall–Kier alpha value is -0.0800. The van der Waals surface area contributed by atoms with Crippen molar-refractivity contribution >= 4 is 0 Å². The molecular formula is C7H16N2. The number of hydrogen-bond acceptors (Lipinski definition) is 2. The first-order valence-corrected chi connectivity index (χ1v) is 3.69. The van der Waals surface area contributed by atoms with Gasteiger partial charge in [-0.05, 0) is 13.8 Å². The molecule has 0 aliphatic carbocycles. The second-order valence-electron chi connectivity index (χ2n) is 2.93. The van der Waals surface area contributed by atoms with E-state index in [1.165, 1.54) is 0 Å². The molecule has 1 fully saturated rings. The SMILES string of the molecule is CCN1N(CC)C1(C)C. The summed E-state index contributed by atoms with van der Waals surface area (Å²) in [6, 6.07) is 0. The standard InChI is InChI=1S/C7H16N2/c1-5-8-7(3,4)9(8)6-2/h5-6H2,1-4H3. The number of nitrogens with zero attached hydrogens (tertiary/aromatic N) is 2. The molecule has 0 aromatic carbocycles. The Morgan fingerprint density at radius 2 is 1.33 bits per heavy atom. The minimum atomic E-state index is 0.351. The van der Waals surface area contributed by atoms with E-state index in [1.54, 1.807) is 0 Å². The van der Waals surface area contributed by atoms with Gasteiger partial charge in [-0.25, -0.2) is 10.0 Å². The van der Waals surface area contributed by atoms with Crippen molar-refractivity contribution in [2.45, 2.75) is 33.4 Å². The molecular weight excluding hydrogens is 112 g/mol. The molecule has 1 rings (SSSR count). The van der Waals surface area contributed by atoms with Crippen molar-refractivity contribution in [2.24, 2.45) is 0 Å². The third-order valence-electron chi connectivity index (χ3n) is 2.11. The molecule has 1 aliphatic heterocycles. The third kappa shape index (κ3) is 0.864. The lowest BCUT2D eigenvalue weighted by molar-refractivity contribution is 0.330. The van der Waals surface area contributed by atoms with Gasteiger partial charge in [0.2, 0.25) is 0 Å². The molecule has 2 unspecified atom stereocenters. The molecule has 1 saturated heterocycles. The van der Waals surface area contributed by atoms with E-state index < -0.39 is 0 Å². The van der Waals surface area contributed by atoms with Crippen LogP contribution in [-0.2, 0) is 0 Å². The van der Waals surface area contributed by atoms with Crippen LogP contribution in [0.5, 0.6) is 0 Å². The predicted molar refractivity (Wildman–Crippen MR) is 38.8 cm³/mol. The van der Waals surface area contributed by atoms with E-state index in [1.807, 2.05) is 0 Å². The monoisotopic (exact) mass is 128 g/mol. The normalized spacial score (nSPS) is 38.7. The summed E-state index contributed by atoms with van der Waals surface area (Å²) < 4.78 is 0. The second kappa shape index (κ2) is 1.96. The van der Waals surface area contributed by atoms with E-state index >= 15 is 0 Å². The fourth-order valence-electron chi connectivity index (χ4n) is 1.61. The number of hydrogen-bond donors (Lipinski definition) is 0. The summed E-state index contributed by atoms with van der Waals surface area (Å²) in [5.74, 6) is 0. The van der Waals surface area contributed by atoms with Crippen LogP contribution in [0.15, 0.2) is 0 Å². The van der Waals surface area contributed by atoms with Gasteiger partial charge in [-0.1, -0.05) is 13.8 Å². The van der Waals surface area contributed by atoms with Gasteiger partial charge < -0.3 is 0 Å². The van der Waals surface area contributed by atoms with Crippen molar-refractivity contribution in [1.29, 1.82) is 0 Å². The first kappa shape index (κ1) is 7.03. The number of hydrazine groups is 1. The van der Waals surface area contributed by atoms with Gasteiger partial charge in [-0.3, -0.25) is 0 Å². The Bertz CT molecular complexity index is 97.5. The fraction of sp³-hybridized carbons (Fsp3) is 1.00. The van der Waals surface area contributed by atoms with Crippen molar-refractivity contribution in [3.05, 3.63) is 0 Å². The summed E-state index contributed by atoms with van der Waals surface area (Å²) in [5.41, 5.74) is 0.351. The highest BCUT2D eigenvalue weighted by molar-refractivity contribution is 4.91. The van der Waals surface area contributed by atoms with Gasteiger partial charge in [0.25, 0.3) is 0 Å². The van der Waals surface area contributed by atoms with E-state index in [2.05, 4.69) is 37.7 Å². The molecule has 54 valence electrons. The zero-order valence-corrected chi connectivity index (χ0v) is 6.81. The molecule has 0 radical (unpaired) electrons. The van der Waals surface area contributed by atoms with Crippen molar-refractivity contribution in [2.75, 3.05) is 13.1 Å². The molecule has 0 amide bonds.